The van der Waals surface area contributed by atoms with Gasteiger partial charge in [-0.3, -0.25) is 9.63 Å². The number of carbonyl (C=O) groups is 1. The molecule has 1 fully saturated rings. The lowest BCUT2D eigenvalue weighted by atomic mass is 9.79. The summed E-state index contributed by atoms with van der Waals surface area (Å²) in [5.74, 6) is 0.0243. The third-order valence-electron chi connectivity index (χ3n) is 3.64. The number of amides is 1. The fourth-order valence-electron chi connectivity index (χ4n) is 3.15. The first kappa shape index (κ1) is 16.4. The summed E-state index contributed by atoms with van der Waals surface area (Å²) in [6.07, 6.45) is 2.20. The van der Waals surface area contributed by atoms with Gasteiger partial charge in [0.1, 0.15) is 6.23 Å². The topological polar surface area (TPSA) is 67.6 Å². The Kier molecular flexibility index (Phi) is 4.98. The fourth-order valence-corrected chi connectivity index (χ4v) is 3.15. The molecule has 1 amide bonds. The van der Waals surface area contributed by atoms with E-state index in [0.717, 1.165) is 19.3 Å². The van der Waals surface area contributed by atoms with Gasteiger partial charge in [-0.25, -0.2) is 0 Å². The van der Waals surface area contributed by atoms with Crippen LogP contribution in [0.25, 0.3) is 0 Å². The molecule has 0 aromatic carbocycles. The van der Waals surface area contributed by atoms with Gasteiger partial charge >= 0.3 is 0 Å². The number of nitrogens with zero attached hydrogens (tertiary/aromatic N) is 1. The van der Waals surface area contributed by atoms with Crippen LogP contribution in [-0.2, 0) is 9.63 Å². The molecule has 5 heteroatoms. The molecule has 0 aliphatic carbocycles. The van der Waals surface area contributed by atoms with E-state index >= 15 is 0 Å². The Morgan fingerprint density at radius 1 is 1.37 bits per heavy atom. The lowest BCUT2D eigenvalue weighted by molar-refractivity contribution is -0.306. The summed E-state index contributed by atoms with van der Waals surface area (Å²) in [5, 5.41) is 5.05. The number of hydrogen-bond donors (Lipinski definition) is 2. The average Bonchev–Trinajstić information content (AvgIpc) is 2.20. The van der Waals surface area contributed by atoms with E-state index < -0.39 is 0 Å². The quantitative estimate of drug-likeness (QED) is 0.765. The maximum absolute atomic E-state index is 11.3. The van der Waals surface area contributed by atoms with Gasteiger partial charge in [-0.2, -0.15) is 5.06 Å². The number of hydrogen-bond acceptors (Lipinski definition) is 4. The van der Waals surface area contributed by atoms with Crippen LogP contribution >= 0.6 is 0 Å². The summed E-state index contributed by atoms with van der Waals surface area (Å²) in [7, 11) is 0. The van der Waals surface area contributed by atoms with Gasteiger partial charge in [0, 0.05) is 24.0 Å². The largest absolute Gasteiger partial charge is 0.353 e. The number of nitrogens with two attached hydrogens (primary N) is 1. The number of piperidine rings is 1. The highest BCUT2D eigenvalue weighted by Crippen LogP contribution is 2.38. The monoisotopic (exact) mass is 271 g/mol. The van der Waals surface area contributed by atoms with Crippen molar-refractivity contribution in [2.24, 2.45) is 5.73 Å². The van der Waals surface area contributed by atoms with E-state index in [2.05, 4.69) is 33.0 Å². The third kappa shape index (κ3) is 4.16. The Balaban J connectivity index is 2.86. The molecular weight excluding hydrogens is 242 g/mol. The van der Waals surface area contributed by atoms with Crippen LogP contribution in [0.5, 0.6) is 0 Å². The second-order valence-corrected chi connectivity index (χ2v) is 6.78. The molecule has 112 valence electrons. The predicted molar refractivity (Wildman–Crippen MR) is 76.2 cm³/mol. The van der Waals surface area contributed by atoms with Gasteiger partial charge in [0.25, 0.3) is 0 Å². The van der Waals surface area contributed by atoms with Gasteiger partial charge in [-0.1, -0.05) is 6.92 Å². The van der Waals surface area contributed by atoms with Gasteiger partial charge in [-0.15, -0.1) is 0 Å². The molecule has 0 spiro atoms. The summed E-state index contributed by atoms with van der Waals surface area (Å²) in [4.78, 5) is 17.2. The molecule has 0 radical (unpaired) electrons. The van der Waals surface area contributed by atoms with Crippen molar-refractivity contribution in [1.29, 1.82) is 0 Å². The highest BCUT2D eigenvalue weighted by molar-refractivity contribution is 5.73. The third-order valence-corrected chi connectivity index (χ3v) is 3.64. The van der Waals surface area contributed by atoms with Gasteiger partial charge in [0.2, 0.25) is 5.91 Å². The summed E-state index contributed by atoms with van der Waals surface area (Å²) < 4.78 is 0. The average molecular weight is 271 g/mol. The second kappa shape index (κ2) is 5.77. The van der Waals surface area contributed by atoms with Crippen molar-refractivity contribution in [2.75, 3.05) is 0 Å². The Hall–Kier alpha value is -0.650. The molecule has 1 saturated heterocycles. The van der Waals surface area contributed by atoms with E-state index in [1.54, 1.807) is 6.92 Å². The number of hydroxylamine groups is 2. The van der Waals surface area contributed by atoms with Crippen LogP contribution in [0.2, 0.25) is 0 Å². The minimum absolute atomic E-state index is 0.0243. The van der Waals surface area contributed by atoms with Crippen molar-refractivity contribution in [3.63, 3.8) is 0 Å². The lowest BCUT2D eigenvalue weighted by Crippen LogP contribution is -2.65. The molecule has 0 aromatic rings. The minimum Gasteiger partial charge on any atom is -0.353 e. The van der Waals surface area contributed by atoms with Crippen LogP contribution in [0.15, 0.2) is 0 Å². The first-order valence-electron chi connectivity index (χ1n) is 7.08. The van der Waals surface area contributed by atoms with E-state index in [1.165, 1.54) is 0 Å². The molecule has 3 N–H and O–H groups in total. The molecule has 1 aliphatic heterocycles. The summed E-state index contributed by atoms with van der Waals surface area (Å²) in [6, 6.07) is 0.181. The van der Waals surface area contributed by atoms with Crippen molar-refractivity contribution in [1.82, 2.24) is 10.4 Å². The summed E-state index contributed by atoms with van der Waals surface area (Å²) >= 11 is 0. The Bertz CT molecular complexity index is 311. The Morgan fingerprint density at radius 2 is 1.84 bits per heavy atom. The van der Waals surface area contributed by atoms with Crippen LogP contribution in [0.3, 0.4) is 0 Å². The molecule has 5 nitrogen and oxygen atoms in total. The smallest absolute Gasteiger partial charge is 0.217 e. The highest BCUT2D eigenvalue weighted by atomic mass is 16.7. The van der Waals surface area contributed by atoms with Crippen LogP contribution in [0.4, 0.5) is 0 Å². The SMILES string of the molecule is CCC(N)ON1C(C)(C)CC(NC(C)=O)CC1(C)C. The number of rotatable bonds is 4. The van der Waals surface area contributed by atoms with Gasteiger partial charge in [-0.05, 0) is 47.0 Å². The van der Waals surface area contributed by atoms with Crippen molar-refractivity contribution >= 4 is 5.91 Å². The molecular formula is C14H29N3O2. The minimum atomic E-state index is -0.282. The molecule has 1 atom stereocenters. The fraction of sp³-hybridized carbons (Fsp3) is 0.929. The van der Waals surface area contributed by atoms with Crippen molar-refractivity contribution < 1.29 is 9.63 Å². The lowest BCUT2D eigenvalue weighted by Gasteiger charge is -2.54. The standard InChI is InChI=1S/C14H29N3O2/c1-7-12(15)19-17-13(3,4)8-11(16-10(2)18)9-14(17,5)6/h11-12H,7-9,15H2,1-6H3,(H,16,18). The first-order valence-corrected chi connectivity index (χ1v) is 7.08. The number of nitrogens with one attached hydrogen (secondary N) is 1. The number of carbonyl (C=O) groups excluding carboxylic acids is 1. The Morgan fingerprint density at radius 3 is 2.21 bits per heavy atom. The molecule has 19 heavy (non-hydrogen) atoms. The maximum atomic E-state index is 11.3. The van der Waals surface area contributed by atoms with Gasteiger partial charge in [0.05, 0.1) is 0 Å². The van der Waals surface area contributed by atoms with E-state index in [4.69, 9.17) is 10.6 Å². The maximum Gasteiger partial charge on any atom is 0.217 e. The zero-order chi connectivity index (χ0) is 14.8. The van der Waals surface area contributed by atoms with Gasteiger partial charge < -0.3 is 11.1 Å². The van der Waals surface area contributed by atoms with E-state index in [9.17, 15) is 4.79 Å². The molecule has 1 rings (SSSR count). The molecule has 0 saturated carbocycles. The molecule has 0 bridgehead atoms. The zero-order valence-electron chi connectivity index (χ0n) is 13.1. The molecule has 1 unspecified atom stereocenters. The second-order valence-electron chi connectivity index (χ2n) is 6.78. The van der Waals surface area contributed by atoms with Crippen molar-refractivity contribution in [2.45, 2.75) is 84.2 Å². The highest BCUT2D eigenvalue weighted by Gasteiger charge is 2.47. The van der Waals surface area contributed by atoms with E-state index in [0.29, 0.717) is 0 Å². The summed E-state index contributed by atoms with van der Waals surface area (Å²) in [5.41, 5.74) is 5.60. The van der Waals surface area contributed by atoms with Crippen LogP contribution in [0, 0.1) is 0 Å². The Labute approximate surface area is 116 Å². The predicted octanol–water partition coefficient (Wildman–Crippen LogP) is 1.77. The molecule has 1 aliphatic rings. The molecule has 0 aromatic heterocycles. The van der Waals surface area contributed by atoms with Crippen molar-refractivity contribution in [3.05, 3.63) is 0 Å². The first-order chi connectivity index (χ1) is 8.58. The van der Waals surface area contributed by atoms with Crippen LogP contribution in [-0.4, -0.2) is 34.3 Å². The summed E-state index contributed by atoms with van der Waals surface area (Å²) in [6.45, 7) is 12.1. The van der Waals surface area contributed by atoms with Crippen LogP contribution < -0.4 is 11.1 Å². The van der Waals surface area contributed by atoms with E-state index in [1.807, 2.05) is 12.0 Å². The normalized spacial score (nSPS) is 25.0. The van der Waals surface area contributed by atoms with Gasteiger partial charge in [0.15, 0.2) is 0 Å². The molecule has 1 heterocycles. The zero-order valence-corrected chi connectivity index (χ0v) is 13.1. The van der Waals surface area contributed by atoms with Crippen LogP contribution in [0.1, 0.15) is 60.8 Å². The van der Waals surface area contributed by atoms with E-state index in [-0.39, 0.29) is 29.3 Å². The van der Waals surface area contributed by atoms with Crippen molar-refractivity contribution in [3.8, 4) is 0 Å².